The van der Waals surface area contributed by atoms with Gasteiger partial charge in [-0.25, -0.2) is 4.98 Å². The highest BCUT2D eigenvalue weighted by Crippen LogP contribution is 2.26. The van der Waals surface area contributed by atoms with Crippen LogP contribution < -0.4 is 5.73 Å². The third-order valence-corrected chi connectivity index (χ3v) is 4.21. The summed E-state index contributed by atoms with van der Waals surface area (Å²) in [5.41, 5.74) is 12.9. The van der Waals surface area contributed by atoms with Crippen LogP contribution in [0.15, 0.2) is 36.5 Å². The molecule has 3 rings (SSSR count). The van der Waals surface area contributed by atoms with Crippen molar-refractivity contribution in [1.29, 1.82) is 0 Å². The zero-order valence-corrected chi connectivity index (χ0v) is 13.1. The maximum Gasteiger partial charge on any atom is 0.137 e. The second-order valence-electron chi connectivity index (χ2n) is 5.48. The number of pyridine rings is 1. The van der Waals surface area contributed by atoms with Crippen molar-refractivity contribution in [3.05, 3.63) is 69.6 Å². The molecular formula is C17H18ClN3. The van der Waals surface area contributed by atoms with Crippen LogP contribution in [0.3, 0.4) is 0 Å². The number of nitrogens with zero attached hydrogens (tertiary/aromatic N) is 2. The molecule has 2 N–H and O–H groups in total. The molecule has 4 heteroatoms. The molecule has 1 atom stereocenters. The molecule has 108 valence electrons. The van der Waals surface area contributed by atoms with E-state index in [1.54, 1.807) is 0 Å². The van der Waals surface area contributed by atoms with E-state index in [-0.39, 0.29) is 6.04 Å². The Morgan fingerprint density at radius 1 is 1.10 bits per heavy atom. The van der Waals surface area contributed by atoms with Crippen LogP contribution in [0.4, 0.5) is 0 Å². The lowest BCUT2D eigenvalue weighted by atomic mass is 9.99. The Hall–Kier alpha value is -1.84. The van der Waals surface area contributed by atoms with Gasteiger partial charge in [0, 0.05) is 6.20 Å². The SMILES string of the molecule is Cc1ccc(C(N)c2c(C)nc3ccc(Cl)cn23)cc1C. The fourth-order valence-corrected chi connectivity index (χ4v) is 2.81. The number of benzene rings is 1. The Balaban J connectivity index is 2.16. The van der Waals surface area contributed by atoms with E-state index in [1.165, 1.54) is 11.1 Å². The fraction of sp³-hybridized carbons (Fsp3) is 0.235. The monoisotopic (exact) mass is 299 g/mol. The summed E-state index contributed by atoms with van der Waals surface area (Å²) in [7, 11) is 0. The minimum atomic E-state index is -0.224. The van der Waals surface area contributed by atoms with Crippen molar-refractivity contribution in [2.45, 2.75) is 26.8 Å². The quantitative estimate of drug-likeness (QED) is 0.778. The highest BCUT2D eigenvalue weighted by molar-refractivity contribution is 6.30. The average Bonchev–Trinajstić information content (AvgIpc) is 2.76. The molecule has 3 nitrogen and oxygen atoms in total. The number of halogens is 1. The minimum absolute atomic E-state index is 0.224. The number of hydrogen-bond donors (Lipinski definition) is 1. The summed E-state index contributed by atoms with van der Waals surface area (Å²) in [5, 5.41) is 0.674. The molecule has 0 bridgehead atoms. The van der Waals surface area contributed by atoms with Gasteiger partial charge in [0.15, 0.2) is 0 Å². The van der Waals surface area contributed by atoms with E-state index in [4.69, 9.17) is 17.3 Å². The molecule has 0 aliphatic heterocycles. The van der Waals surface area contributed by atoms with Crippen molar-refractivity contribution < 1.29 is 0 Å². The largest absolute Gasteiger partial charge is 0.319 e. The molecule has 21 heavy (non-hydrogen) atoms. The van der Waals surface area contributed by atoms with Gasteiger partial charge in [0.25, 0.3) is 0 Å². The van der Waals surface area contributed by atoms with Gasteiger partial charge in [-0.3, -0.25) is 0 Å². The van der Waals surface area contributed by atoms with Crippen LogP contribution in [0.2, 0.25) is 5.02 Å². The predicted octanol–water partition coefficient (Wildman–Crippen LogP) is 3.96. The van der Waals surface area contributed by atoms with Gasteiger partial charge in [0.05, 0.1) is 22.5 Å². The number of rotatable bonds is 2. The molecule has 2 aromatic heterocycles. The van der Waals surface area contributed by atoms with Gasteiger partial charge in [-0.1, -0.05) is 29.8 Å². The Labute approximate surface area is 129 Å². The molecule has 0 aliphatic rings. The van der Waals surface area contributed by atoms with Crippen molar-refractivity contribution in [2.75, 3.05) is 0 Å². The minimum Gasteiger partial charge on any atom is -0.319 e. The normalized spacial score (nSPS) is 12.8. The summed E-state index contributed by atoms with van der Waals surface area (Å²) in [6.45, 7) is 6.19. The number of imidazole rings is 1. The van der Waals surface area contributed by atoms with Crippen LogP contribution in [-0.2, 0) is 0 Å². The second-order valence-corrected chi connectivity index (χ2v) is 5.92. The molecule has 1 aromatic carbocycles. The van der Waals surface area contributed by atoms with Crippen molar-refractivity contribution in [2.24, 2.45) is 5.73 Å². The number of aromatic nitrogens is 2. The second kappa shape index (κ2) is 5.17. The van der Waals surface area contributed by atoms with Crippen molar-refractivity contribution in [1.82, 2.24) is 9.38 Å². The van der Waals surface area contributed by atoms with E-state index >= 15 is 0 Å². The highest BCUT2D eigenvalue weighted by atomic mass is 35.5. The smallest absolute Gasteiger partial charge is 0.137 e. The summed E-state index contributed by atoms with van der Waals surface area (Å²) >= 11 is 6.11. The summed E-state index contributed by atoms with van der Waals surface area (Å²) in [4.78, 5) is 4.57. The maximum absolute atomic E-state index is 6.49. The van der Waals surface area contributed by atoms with E-state index < -0.39 is 0 Å². The molecule has 0 fully saturated rings. The summed E-state index contributed by atoms with van der Waals surface area (Å²) in [5.74, 6) is 0. The van der Waals surface area contributed by atoms with Crippen LogP contribution >= 0.6 is 11.6 Å². The van der Waals surface area contributed by atoms with E-state index in [0.717, 1.165) is 22.6 Å². The van der Waals surface area contributed by atoms with Crippen molar-refractivity contribution in [3.63, 3.8) is 0 Å². The molecule has 1 unspecified atom stereocenters. The van der Waals surface area contributed by atoms with Gasteiger partial charge >= 0.3 is 0 Å². The first kappa shape index (κ1) is 14.1. The summed E-state index contributed by atoms with van der Waals surface area (Å²) in [6, 6.07) is 9.86. The van der Waals surface area contributed by atoms with Crippen LogP contribution in [0.1, 0.15) is 34.1 Å². The van der Waals surface area contributed by atoms with Crippen molar-refractivity contribution in [3.8, 4) is 0 Å². The van der Waals surface area contributed by atoms with Crippen LogP contribution in [-0.4, -0.2) is 9.38 Å². The van der Waals surface area contributed by atoms with Gasteiger partial charge in [-0.2, -0.15) is 0 Å². The first-order valence-corrected chi connectivity index (χ1v) is 7.32. The number of fused-ring (bicyclic) bond motifs is 1. The Bertz CT molecular complexity index is 820. The van der Waals surface area contributed by atoms with Gasteiger partial charge in [0.2, 0.25) is 0 Å². The lowest BCUT2D eigenvalue weighted by molar-refractivity contribution is 0.803. The topological polar surface area (TPSA) is 43.3 Å². The third kappa shape index (κ3) is 2.43. The van der Waals surface area contributed by atoms with Crippen LogP contribution in [0, 0.1) is 20.8 Å². The molecule has 0 aliphatic carbocycles. The lowest BCUT2D eigenvalue weighted by Gasteiger charge is -2.15. The molecular weight excluding hydrogens is 282 g/mol. The summed E-state index contributed by atoms with van der Waals surface area (Å²) < 4.78 is 1.98. The fourth-order valence-electron chi connectivity index (χ4n) is 2.65. The van der Waals surface area contributed by atoms with Gasteiger partial charge < -0.3 is 10.1 Å². The Kier molecular flexibility index (Phi) is 3.47. The predicted molar refractivity (Wildman–Crippen MR) is 86.9 cm³/mol. The Morgan fingerprint density at radius 3 is 2.57 bits per heavy atom. The Morgan fingerprint density at radius 2 is 1.86 bits per heavy atom. The van der Waals surface area contributed by atoms with E-state index in [1.807, 2.05) is 29.7 Å². The lowest BCUT2D eigenvalue weighted by Crippen LogP contribution is -2.15. The van der Waals surface area contributed by atoms with Gasteiger partial charge in [-0.05, 0) is 49.6 Å². The highest BCUT2D eigenvalue weighted by Gasteiger charge is 2.18. The van der Waals surface area contributed by atoms with Gasteiger partial charge in [0.1, 0.15) is 5.65 Å². The van der Waals surface area contributed by atoms with E-state index in [0.29, 0.717) is 5.02 Å². The molecule has 0 saturated carbocycles. The number of nitrogens with two attached hydrogens (primary N) is 1. The zero-order valence-electron chi connectivity index (χ0n) is 12.4. The van der Waals surface area contributed by atoms with Gasteiger partial charge in [-0.15, -0.1) is 0 Å². The molecule has 2 heterocycles. The van der Waals surface area contributed by atoms with E-state index in [9.17, 15) is 0 Å². The molecule has 0 saturated heterocycles. The standard InChI is InChI=1S/C17H18ClN3/c1-10-4-5-13(8-11(10)2)16(19)17-12(3)20-15-7-6-14(18)9-21(15)17/h4-9,16H,19H2,1-3H3. The average molecular weight is 300 g/mol. The molecule has 0 spiro atoms. The number of aryl methyl sites for hydroxylation is 3. The number of hydrogen-bond acceptors (Lipinski definition) is 2. The molecule has 0 radical (unpaired) electrons. The first-order chi connectivity index (χ1) is 9.97. The molecule has 0 amide bonds. The molecule has 3 aromatic rings. The first-order valence-electron chi connectivity index (χ1n) is 6.94. The van der Waals surface area contributed by atoms with Crippen LogP contribution in [0.25, 0.3) is 5.65 Å². The maximum atomic E-state index is 6.49. The summed E-state index contributed by atoms with van der Waals surface area (Å²) in [6.07, 6.45) is 1.87. The zero-order chi connectivity index (χ0) is 15.1. The van der Waals surface area contributed by atoms with Crippen molar-refractivity contribution >= 4 is 17.2 Å². The van der Waals surface area contributed by atoms with Crippen LogP contribution in [0.5, 0.6) is 0 Å². The van der Waals surface area contributed by atoms with E-state index in [2.05, 4.69) is 37.0 Å². The third-order valence-electron chi connectivity index (χ3n) is 3.99.